The van der Waals surface area contributed by atoms with Crippen molar-refractivity contribution in [2.24, 2.45) is 0 Å². The highest BCUT2D eigenvalue weighted by molar-refractivity contribution is 7.88. The lowest BCUT2D eigenvalue weighted by Gasteiger charge is -2.31. The zero-order valence-electron chi connectivity index (χ0n) is 15.0. The monoisotopic (exact) mass is 416 g/mol. The average Bonchev–Trinajstić information content (AvgIpc) is 2.63. The highest BCUT2D eigenvalue weighted by Crippen LogP contribution is 2.27. The fraction of sp³-hybridized carbons (Fsp3) is 0.389. The minimum Gasteiger partial charge on any atom is -0.315 e. The van der Waals surface area contributed by atoms with Gasteiger partial charge in [-0.2, -0.15) is 17.5 Å². The van der Waals surface area contributed by atoms with Crippen LogP contribution in [-0.2, 0) is 28.6 Å². The Labute approximate surface area is 160 Å². The summed E-state index contributed by atoms with van der Waals surface area (Å²) in [6.45, 7) is 1.42. The van der Waals surface area contributed by atoms with Gasteiger partial charge >= 0.3 is 6.18 Å². The lowest BCUT2D eigenvalue weighted by atomic mass is 10.2. The Morgan fingerprint density at radius 2 is 1.64 bits per heavy atom. The van der Waals surface area contributed by atoms with E-state index >= 15 is 0 Å². The van der Waals surface area contributed by atoms with Gasteiger partial charge in [-0.15, -0.1) is 0 Å². The third-order valence-corrected chi connectivity index (χ3v) is 6.57. The summed E-state index contributed by atoms with van der Waals surface area (Å²) in [7, 11) is -3.46. The van der Waals surface area contributed by atoms with E-state index in [1.54, 1.807) is 24.3 Å². The number of piperazine rings is 1. The largest absolute Gasteiger partial charge is 0.417 e. The van der Waals surface area contributed by atoms with Crippen LogP contribution in [0.2, 0.25) is 0 Å². The van der Waals surface area contributed by atoms with Gasteiger partial charge in [0.1, 0.15) is 0 Å². The maximum atomic E-state index is 12.8. The Bertz CT molecular complexity index is 967. The molecule has 2 heterocycles. The first-order chi connectivity index (χ1) is 13.1. The smallest absolute Gasteiger partial charge is 0.315 e. The summed E-state index contributed by atoms with van der Waals surface area (Å²) in [6.07, 6.45) is -3.71. The van der Waals surface area contributed by atoms with Crippen LogP contribution in [0.25, 0.3) is 0 Å². The van der Waals surface area contributed by atoms with Gasteiger partial charge < -0.3 is 4.90 Å². The Morgan fingerprint density at radius 1 is 1.00 bits per heavy atom. The first-order valence-electron chi connectivity index (χ1n) is 8.78. The van der Waals surface area contributed by atoms with Crippen molar-refractivity contribution in [3.05, 3.63) is 70.1 Å². The number of hydrogen-bond donors (Lipinski definition) is 1. The number of benzene rings is 1. The second-order valence-corrected chi connectivity index (χ2v) is 8.74. The predicted molar refractivity (Wildman–Crippen MR) is 97.0 cm³/mol. The van der Waals surface area contributed by atoms with Crippen molar-refractivity contribution in [2.45, 2.75) is 18.6 Å². The number of alkyl halides is 3. The minimum absolute atomic E-state index is 0.0648. The molecule has 0 bridgehead atoms. The molecule has 10 heteroatoms. The van der Waals surface area contributed by atoms with E-state index < -0.39 is 27.3 Å². The number of aromatic nitrogens is 1. The molecule has 1 aliphatic rings. The topological polar surface area (TPSA) is 63.8 Å². The molecule has 0 radical (unpaired) electrons. The molecule has 0 aliphatic carbocycles. The molecule has 28 heavy (non-hydrogen) atoms. The van der Waals surface area contributed by atoms with Crippen LogP contribution in [0, 0.1) is 0 Å². The van der Waals surface area contributed by atoms with Crippen LogP contribution in [0.1, 0.15) is 11.1 Å². The van der Waals surface area contributed by atoms with Gasteiger partial charge in [0.25, 0.3) is 5.56 Å². The van der Waals surface area contributed by atoms with Gasteiger partial charge in [-0.05, 0) is 11.6 Å². The van der Waals surface area contributed by atoms with Gasteiger partial charge in [0.05, 0.1) is 37.5 Å². The van der Waals surface area contributed by atoms with E-state index in [0.29, 0.717) is 18.7 Å². The quantitative estimate of drug-likeness (QED) is 0.775. The standard InChI is InChI=1S/C18H20F3N3O3S/c19-18(20,21)16-6-7-17(25)23(12-16)14-22-8-10-24(11-9-22)28(26,27)13-15-4-2-1-3-5-15/h1-7,12H,8-11,13-14H2/p+1. The summed E-state index contributed by atoms with van der Waals surface area (Å²) in [6, 6.07) is 10.5. The van der Waals surface area contributed by atoms with Crippen LogP contribution in [0.15, 0.2) is 53.5 Å². The van der Waals surface area contributed by atoms with Crippen molar-refractivity contribution in [1.82, 2.24) is 8.87 Å². The molecular weight excluding hydrogens is 395 g/mol. The highest BCUT2D eigenvalue weighted by Gasteiger charge is 2.32. The van der Waals surface area contributed by atoms with Gasteiger partial charge in [0.2, 0.25) is 10.0 Å². The summed E-state index contributed by atoms with van der Waals surface area (Å²) in [5, 5.41) is 0. The minimum atomic E-state index is -4.52. The molecule has 0 atom stereocenters. The van der Waals surface area contributed by atoms with Crippen molar-refractivity contribution >= 4 is 10.0 Å². The van der Waals surface area contributed by atoms with Gasteiger partial charge in [0.15, 0.2) is 6.67 Å². The Kier molecular flexibility index (Phi) is 5.92. The Morgan fingerprint density at radius 3 is 2.25 bits per heavy atom. The van der Waals surface area contributed by atoms with E-state index in [4.69, 9.17) is 0 Å². The van der Waals surface area contributed by atoms with Gasteiger partial charge in [0, 0.05) is 12.3 Å². The van der Waals surface area contributed by atoms with Crippen LogP contribution in [-0.4, -0.2) is 43.5 Å². The predicted octanol–water partition coefficient (Wildman–Crippen LogP) is 0.555. The molecule has 0 amide bonds. The molecule has 2 aromatic rings. The van der Waals surface area contributed by atoms with Crippen LogP contribution >= 0.6 is 0 Å². The van der Waals surface area contributed by atoms with Crippen molar-refractivity contribution < 1.29 is 26.5 Å². The molecule has 3 rings (SSSR count). The summed E-state index contributed by atoms with van der Waals surface area (Å²) in [5.41, 5.74) is -0.692. The molecule has 1 N–H and O–H groups in total. The number of sulfonamides is 1. The number of rotatable bonds is 5. The number of nitrogens with one attached hydrogen (secondary N) is 1. The molecule has 0 spiro atoms. The molecular formula is C18H21F3N3O3S+. The highest BCUT2D eigenvalue weighted by atomic mass is 32.2. The van der Waals surface area contributed by atoms with Crippen molar-refractivity contribution in [1.29, 1.82) is 0 Å². The molecule has 1 saturated heterocycles. The van der Waals surface area contributed by atoms with E-state index in [-0.39, 0.29) is 25.5 Å². The fourth-order valence-corrected chi connectivity index (χ4v) is 4.71. The molecule has 152 valence electrons. The fourth-order valence-electron chi connectivity index (χ4n) is 3.18. The van der Waals surface area contributed by atoms with E-state index in [1.807, 2.05) is 6.07 Å². The second kappa shape index (κ2) is 8.06. The number of pyridine rings is 1. The normalized spacial score (nSPS) is 17.0. The molecule has 1 aromatic carbocycles. The van der Waals surface area contributed by atoms with Crippen LogP contribution in [0.5, 0.6) is 0 Å². The van der Waals surface area contributed by atoms with E-state index in [0.717, 1.165) is 27.8 Å². The molecule has 1 fully saturated rings. The lowest BCUT2D eigenvalue weighted by molar-refractivity contribution is -0.926. The lowest BCUT2D eigenvalue weighted by Crippen LogP contribution is -3.14. The Balaban J connectivity index is 1.62. The molecule has 0 unspecified atom stereocenters. The molecule has 1 aromatic heterocycles. The molecule has 1 aliphatic heterocycles. The number of quaternary nitrogens is 1. The molecule has 0 saturated carbocycles. The Hall–Kier alpha value is -2.17. The first kappa shape index (κ1) is 20.6. The first-order valence-corrected chi connectivity index (χ1v) is 10.4. The SMILES string of the molecule is O=c1ccc(C(F)(F)F)cn1C[NH+]1CCN(S(=O)(=O)Cc2ccccc2)CC1. The maximum absolute atomic E-state index is 12.8. The zero-order valence-corrected chi connectivity index (χ0v) is 15.8. The van der Waals surface area contributed by atoms with E-state index in [1.165, 1.54) is 4.31 Å². The number of hydrogen-bond acceptors (Lipinski definition) is 3. The van der Waals surface area contributed by atoms with Gasteiger partial charge in [-0.25, -0.2) is 8.42 Å². The summed E-state index contributed by atoms with van der Waals surface area (Å²) in [4.78, 5) is 12.7. The van der Waals surface area contributed by atoms with Crippen molar-refractivity contribution in [2.75, 3.05) is 26.2 Å². The van der Waals surface area contributed by atoms with E-state index in [2.05, 4.69) is 0 Å². The number of halogens is 3. The average molecular weight is 416 g/mol. The summed E-state index contributed by atoms with van der Waals surface area (Å²) >= 11 is 0. The molecule has 6 nitrogen and oxygen atoms in total. The maximum Gasteiger partial charge on any atom is 0.417 e. The van der Waals surface area contributed by atoms with Crippen LogP contribution in [0.4, 0.5) is 13.2 Å². The summed E-state index contributed by atoms with van der Waals surface area (Å²) in [5.74, 6) is -0.0870. The van der Waals surface area contributed by atoms with E-state index in [9.17, 15) is 26.4 Å². The van der Waals surface area contributed by atoms with Crippen molar-refractivity contribution in [3.63, 3.8) is 0 Å². The third-order valence-electron chi connectivity index (χ3n) is 4.72. The van der Waals surface area contributed by atoms with Crippen LogP contribution in [0.3, 0.4) is 0 Å². The summed E-state index contributed by atoms with van der Waals surface area (Å²) < 4.78 is 66.1. The third kappa shape index (κ3) is 5.00. The zero-order chi connectivity index (χ0) is 20.4. The second-order valence-electron chi connectivity index (χ2n) is 6.77. The van der Waals surface area contributed by atoms with Crippen LogP contribution < -0.4 is 10.5 Å². The van der Waals surface area contributed by atoms with Gasteiger partial charge in [-0.1, -0.05) is 30.3 Å². The number of nitrogens with zero attached hydrogens (tertiary/aromatic N) is 2. The van der Waals surface area contributed by atoms with Gasteiger partial charge in [-0.3, -0.25) is 9.36 Å². The van der Waals surface area contributed by atoms with Crippen molar-refractivity contribution in [3.8, 4) is 0 Å².